The van der Waals surface area contributed by atoms with Gasteiger partial charge in [-0.1, -0.05) is 29.0 Å². The average molecular weight is 288 g/mol. The molecule has 1 aromatic heterocycles. The van der Waals surface area contributed by atoms with Gasteiger partial charge in [0.15, 0.2) is 0 Å². The maximum atomic E-state index is 13.2. The molecule has 0 aliphatic carbocycles. The van der Waals surface area contributed by atoms with Gasteiger partial charge in [-0.2, -0.15) is 0 Å². The molecule has 0 saturated heterocycles. The molecular formula is C11H11ClFN3OS. The van der Waals surface area contributed by atoms with E-state index in [-0.39, 0.29) is 11.6 Å². The summed E-state index contributed by atoms with van der Waals surface area (Å²) >= 11 is 6.96. The highest BCUT2D eigenvalue weighted by Gasteiger charge is 2.11. The summed E-state index contributed by atoms with van der Waals surface area (Å²) in [6, 6.07) is 4.23. The monoisotopic (exact) mass is 287 g/mol. The summed E-state index contributed by atoms with van der Waals surface area (Å²) < 4.78 is 13.2. The van der Waals surface area contributed by atoms with Gasteiger partial charge in [-0.15, -0.1) is 10.2 Å². The van der Waals surface area contributed by atoms with Crippen molar-refractivity contribution in [2.24, 2.45) is 0 Å². The average Bonchev–Trinajstić information content (AvgIpc) is 2.75. The fourth-order valence-corrected chi connectivity index (χ4v) is 2.11. The smallest absolute Gasteiger partial charge is 0.205 e. The second kappa shape index (κ2) is 5.60. The molecule has 7 heteroatoms. The molecule has 0 spiro atoms. The number of aliphatic hydroxyl groups is 1. The Kier molecular flexibility index (Phi) is 4.11. The molecule has 2 rings (SSSR count). The molecule has 96 valence electrons. The molecule has 0 aliphatic heterocycles. The van der Waals surface area contributed by atoms with Gasteiger partial charge in [0.1, 0.15) is 10.8 Å². The van der Waals surface area contributed by atoms with E-state index in [1.807, 2.05) is 6.92 Å². The molecule has 2 N–H and O–H groups in total. The lowest BCUT2D eigenvalue weighted by atomic mass is 10.1. The van der Waals surface area contributed by atoms with Gasteiger partial charge in [-0.05, 0) is 24.6 Å². The number of benzene rings is 1. The van der Waals surface area contributed by atoms with E-state index in [2.05, 4.69) is 15.5 Å². The molecular weight excluding hydrogens is 277 g/mol. The minimum Gasteiger partial charge on any atom is -0.387 e. The van der Waals surface area contributed by atoms with E-state index < -0.39 is 11.9 Å². The van der Waals surface area contributed by atoms with Crippen molar-refractivity contribution >= 4 is 28.1 Å². The standard InChI is InChI=1S/C11H11ClFN3OS/c1-6-15-16-11(18-6)14-5-10(17)7-2-3-8(12)9(13)4-7/h2-4,10,17H,5H2,1H3,(H,14,16). The SMILES string of the molecule is Cc1nnc(NCC(O)c2ccc(Cl)c(F)c2)s1. The molecule has 0 saturated carbocycles. The second-order valence-electron chi connectivity index (χ2n) is 3.70. The number of nitrogens with zero attached hydrogens (tertiary/aromatic N) is 2. The summed E-state index contributed by atoms with van der Waals surface area (Å²) in [4.78, 5) is 0. The molecule has 0 fully saturated rings. The molecule has 18 heavy (non-hydrogen) atoms. The summed E-state index contributed by atoms with van der Waals surface area (Å²) in [5.74, 6) is -0.542. The normalized spacial score (nSPS) is 12.4. The second-order valence-corrected chi connectivity index (χ2v) is 5.29. The first-order valence-electron chi connectivity index (χ1n) is 5.23. The van der Waals surface area contributed by atoms with Crippen molar-refractivity contribution in [3.8, 4) is 0 Å². The zero-order valence-electron chi connectivity index (χ0n) is 9.52. The highest BCUT2D eigenvalue weighted by molar-refractivity contribution is 7.15. The van der Waals surface area contributed by atoms with Crippen molar-refractivity contribution in [1.29, 1.82) is 0 Å². The number of aliphatic hydroxyl groups excluding tert-OH is 1. The lowest BCUT2D eigenvalue weighted by Gasteiger charge is -2.11. The van der Waals surface area contributed by atoms with Crippen LogP contribution in [-0.4, -0.2) is 21.8 Å². The van der Waals surface area contributed by atoms with Crippen molar-refractivity contribution in [3.05, 3.63) is 39.6 Å². The fourth-order valence-electron chi connectivity index (χ4n) is 1.39. The Morgan fingerprint density at radius 3 is 2.89 bits per heavy atom. The summed E-state index contributed by atoms with van der Waals surface area (Å²) in [5, 5.41) is 22.0. The first kappa shape index (κ1) is 13.2. The van der Waals surface area contributed by atoms with Crippen molar-refractivity contribution in [2.75, 3.05) is 11.9 Å². The molecule has 0 bridgehead atoms. The lowest BCUT2D eigenvalue weighted by molar-refractivity contribution is 0.191. The number of hydrogen-bond donors (Lipinski definition) is 2. The van der Waals surface area contributed by atoms with Crippen molar-refractivity contribution in [1.82, 2.24) is 10.2 Å². The van der Waals surface area contributed by atoms with Gasteiger partial charge in [-0.3, -0.25) is 0 Å². The summed E-state index contributed by atoms with van der Waals surface area (Å²) in [6.45, 7) is 2.07. The zero-order valence-corrected chi connectivity index (χ0v) is 11.1. The first-order chi connectivity index (χ1) is 8.56. The zero-order chi connectivity index (χ0) is 13.1. The quantitative estimate of drug-likeness (QED) is 0.908. The van der Waals surface area contributed by atoms with Gasteiger partial charge in [0, 0.05) is 6.54 Å². The van der Waals surface area contributed by atoms with Crippen LogP contribution in [0.2, 0.25) is 5.02 Å². The van der Waals surface area contributed by atoms with Gasteiger partial charge < -0.3 is 10.4 Å². The van der Waals surface area contributed by atoms with Crippen LogP contribution in [0.15, 0.2) is 18.2 Å². The van der Waals surface area contributed by atoms with Crippen LogP contribution in [0.1, 0.15) is 16.7 Å². The van der Waals surface area contributed by atoms with E-state index in [0.717, 1.165) is 5.01 Å². The van der Waals surface area contributed by atoms with E-state index in [1.165, 1.54) is 23.5 Å². The third kappa shape index (κ3) is 3.16. The maximum absolute atomic E-state index is 13.2. The first-order valence-corrected chi connectivity index (χ1v) is 6.42. The van der Waals surface area contributed by atoms with Gasteiger partial charge in [0.25, 0.3) is 0 Å². The molecule has 1 heterocycles. The van der Waals surface area contributed by atoms with E-state index in [0.29, 0.717) is 10.7 Å². The highest BCUT2D eigenvalue weighted by Crippen LogP contribution is 2.21. The van der Waals surface area contributed by atoms with Crippen LogP contribution in [0.3, 0.4) is 0 Å². The van der Waals surface area contributed by atoms with Gasteiger partial charge in [0.05, 0.1) is 11.1 Å². The number of nitrogens with one attached hydrogen (secondary N) is 1. The van der Waals surface area contributed by atoms with Crippen LogP contribution in [-0.2, 0) is 0 Å². The Morgan fingerprint density at radius 2 is 2.28 bits per heavy atom. The molecule has 0 radical (unpaired) electrons. The van der Waals surface area contributed by atoms with Crippen LogP contribution in [0, 0.1) is 12.7 Å². The van der Waals surface area contributed by atoms with Crippen LogP contribution in [0.4, 0.5) is 9.52 Å². The minimum atomic E-state index is -0.832. The minimum absolute atomic E-state index is 0.0404. The van der Waals surface area contributed by atoms with Gasteiger partial charge in [0.2, 0.25) is 5.13 Å². The molecule has 2 aromatic rings. The van der Waals surface area contributed by atoms with Crippen LogP contribution in [0.25, 0.3) is 0 Å². The Bertz CT molecular complexity index is 549. The molecule has 1 aromatic carbocycles. The third-order valence-corrected chi connectivity index (χ3v) is 3.40. The lowest BCUT2D eigenvalue weighted by Crippen LogP contribution is -2.12. The van der Waals surface area contributed by atoms with E-state index in [1.54, 1.807) is 6.07 Å². The number of anilines is 1. The predicted molar refractivity (Wildman–Crippen MR) is 69.5 cm³/mol. The summed E-state index contributed by atoms with van der Waals surface area (Å²) in [7, 11) is 0. The van der Waals surface area contributed by atoms with Crippen LogP contribution >= 0.6 is 22.9 Å². The highest BCUT2D eigenvalue weighted by atomic mass is 35.5. The van der Waals surface area contributed by atoms with Crippen LogP contribution in [0.5, 0.6) is 0 Å². The number of rotatable bonds is 4. The van der Waals surface area contributed by atoms with Gasteiger partial charge >= 0.3 is 0 Å². The van der Waals surface area contributed by atoms with Gasteiger partial charge in [-0.25, -0.2) is 4.39 Å². The van der Waals surface area contributed by atoms with Crippen molar-refractivity contribution < 1.29 is 9.50 Å². The topological polar surface area (TPSA) is 58.0 Å². The predicted octanol–water partition coefficient (Wildman–Crippen LogP) is 2.78. The Morgan fingerprint density at radius 1 is 1.50 bits per heavy atom. The fraction of sp³-hybridized carbons (Fsp3) is 0.273. The number of aromatic nitrogens is 2. The summed E-state index contributed by atoms with van der Waals surface area (Å²) in [5.41, 5.74) is 0.464. The molecule has 4 nitrogen and oxygen atoms in total. The maximum Gasteiger partial charge on any atom is 0.205 e. The van der Waals surface area contributed by atoms with E-state index in [4.69, 9.17) is 11.6 Å². The Hall–Kier alpha value is -1.24. The third-order valence-electron chi connectivity index (χ3n) is 2.30. The molecule has 0 aliphatic rings. The van der Waals surface area contributed by atoms with E-state index >= 15 is 0 Å². The van der Waals surface area contributed by atoms with E-state index in [9.17, 15) is 9.50 Å². The largest absolute Gasteiger partial charge is 0.387 e. The number of aryl methyl sites for hydroxylation is 1. The number of hydrogen-bond acceptors (Lipinski definition) is 5. The number of halogens is 2. The molecule has 1 unspecified atom stereocenters. The Balaban J connectivity index is 1.99. The Labute approximate surface area is 112 Å². The van der Waals surface area contributed by atoms with Crippen LogP contribution < -0.4 is 5.32 Å². The molecule has 1 atom stereocenters. The van der Waals surface area contributed by atoms with Crippen molar-refractivity contribution in [2.45, 2.75) is 13.0 Å². The molecule has 0 amide bonds. The van der Waals surface area contributed by atoms with Crippen molar-refractivity contribution in [3.63, 3.8) is 0 Å². The summed E-state index contributed by atoms with van der Waals surface area (Å²) in [6.07, 6.45) is -0.832.